The van der Waals surface area contributed by atoms with Crippen molar-refractivity contribution in [2.75, 3.05) is 19.9 Å². The highest BCUT2D eigenvalue weighted by Gasteiger charge is 2.09. The van der Waals surface area contributed by atoms with Crippen LogP contribution in [0, 0.1) is 6.92 Å². The quantitative estimate of drug-likeness (QED) is 0.840. The summed E-state index contributed by atoms with van der Waals surface area (Å²) in [5, 5.41) is 0. The number of nitrogens with zero attached hydrogens (tertiary/aromatic N) is 1. The number of aryl methyl sites for hydroxylation is 1. The van der Waals surface area contributed by atoms with Crippen LogP contribution in [0.15, 0.2) is 34.9 Å². The molecular weight excluding hydrogens is 240 g/mol. The van der Waals surface area contributed by atoms with E-state index in [9.17, 15) is 0 Å². The summed E-state index contributed by atoms with van der Waals surface area (Å²) in [5.74, 6) is 1.83. The van der Waals surface area contributed by atoms with Gasteiger partial charge in [-0.3, -0.25) is 4.90 Å². The number of nitrogens with two attached hydrogens (primary N) is 1. The van der Waals surface area contributed by atoms with E-state index in [0.29, 0.717) is 0 Å². The van der Waals surface area contributed by atoms with Gasteiger partial charge in [-0.2, -0.15) is 0 Å². The Hall–Kier alpha value is -1.94. The summed E-state index contributed by atoms with van der Waals surface area (Å²) < 4.78 is 10.7. The van der Waals surface area contributed by atoms with Crippen molar-refractivity contribution >= 4 is 5.69 Å². The lowest BCUT2D eigenvalue weighted by atomic mass is 10.1. The van der Waals surface area contributed by atoms with Gasteiger partial charge in [0.1, 0.15) is 11.5 Å². The van der Waals surface area contributed by atoms with Gasteiger partial charge in [0, 0.05) is 29.9 Å². The first kappa shape index (κ1) is 13.5. The number of rotatable bonds is 5. The zero-order valence-electron chi connectivity index (χ0n) is 11.6. The van der Waals surface area contributed by atoms with Crippen LogP contribution in [0.3, 0.4) is 0 Å². The van der Waals surface area contributed by atoms with E-state index in [4.69, 9.17) is 14.9 Å². The SMILES string of the molecule is COc1ccc(N)cc1CN(C)Cc1ccoc1C. The van der Waals surface area contributed by atoms with Gasteiger partial charge in [-0.1, -0.05) is 0 Å². The average Bonchev–Trinajstić information content (AvgIpc) is 2.75. The first-order valence-electron chi connectivity index (χ1n) is 6.24. The van der Waals surface area contributed by atoms with Crippen molar-refractivity contribution in [1.82, 2.24) is 4.90 Å². The average molecular weight is 260 g/mol. The first-order chi connectivity index (χ1) is 9.10. The Morgan fingerprint density at radius 3 is 2.58 bits per heavy atom. The summed E-state index contributed by atoms with van der Waals surface area (Å²) >= 11 is 0. The number of benzene rings is 1. The van der Waals surface area contributed by atoms with Crippen LogP contribution in [0.2, 0.25) is 0 Å². The zero-order chi connectivity index (χ0) is 13.8. The minimum absolute atomic E-state index is 0.753. The maximum atomic E-state index is 5.83. The lowest BCUT2D eigenvalue weighted by molar-refractivity contribution is 0.308. The monoisotopic (exact) mass is 260 g/mol. The van der Waals surface area contributed by atoms with Crippen LogP contribution in [0.1, 0.15) is 16.9 Å². The molecule has 2 rings (SSSR count). The van der Waals surface area contributed by atoms with Crippen molar-refractivity contribution in [2.45, 2.75) is 20.0 Å². The molecule has 19 heavy (non-hydrogen) atoms. The number of ether oxygens (including phenoxy) is 1. The zero-order valence-corrected chi connectivity index (χ0v) is 11.6. The molecule has 1 heterocycles. The smallest absolute Gasteiger partial charge is 0.123 e. The van der Waals surface area contributed by atoms with Crippen LogP contribution in [-0.4, -0.2) is 19.1 Å². The van der Waals surface area contributed by atoms with Gasteiger partial charge in [0.05, 0.1) is 13.4 Å². The molecule has 0 unspecified atom stereocenters. The predicted octanol–water partition coefficient (Wildman–Crippen LogP) is 2.81. The van der Waals surface area contributed by atoms with Crippen LogP contribution in [0.4, 0.5) is 5.69 Å². The highest BCUT2D eigenvalue weighted by atomic mass is 16.5. The number of nitrogen functional groups attached to an aromatic ring is 1. The second-order valence-electron chi connectivity index (χ2n) is 4.75. The molecule has 0 radical (unpaired) electrons. The normalized spacial score (nSPS) is 10.9. The van der Waals surface area contributed by atoms with E-state index in [0.717, 1.165) is 35.9 Å². The van der Waals surface area contributed by atoms with E-state index < -0.39 is 0 Å². The lowest BCUT2D eigenvalue weighted by Crippen LogP contribution is -2.18. The van der Waals surface area contributed by atoms with Crippen molar-refractivity contribution in [3.63, 3.8) is 0 Å². The van der Waals surface area contributed by atoms with Gasteiger partial charge in [-0.05, 0) is 38.2 Å². The summed E-state index contributed by atoms with van der Waals surface area (Å²) in [4.78, 5) is 2.20. The van der Waals surface area contributed by atoms with Crippen LogP contribution >= 0.6 is 0 Å². The molecule has 0 aliphatic carbocycles. The van der Waals surface area contributed by atoms with Crippen molar-refractivity contribution in [3.05, 3.63) is 47.4 Å². The first-order valence-corrected chi connectivity index (χ1v) is 6.24. The molecule has 0 fully saturated rings. The highest BCUT2D eigenvalue weighted by Crippen LogP contribution is 2.23. The van der Waals surface area contributed by atoms with E-state index in [1.54, 1.807) is 13.4 Å². The third-order valence-electron chi connectivity index (χ3n) is 3.15. The molecule has 102 valence electrons. The minimum atomic E-state index is 0.753. The third-order valence-corrected chi connectivity index (χ3v) is 3.15. The molecule has 0 saturated carbocycles. The van der Waals surface area contributed by atoms with Crippen LogP contribution in [-0.2, 0) is 13.1 Å². The van der Waals surface area contributed by atoms with Gasteiger partial charge < -0.3 is 14.9 Å². The molecule has 2 N–H and O–H groups in total. The Kier molecular flexibility index (Phi) is 4.12. The molecule has 0 saturated heterocycles. The van der Waals surface area contributed by atoms with Gasteiger partial charge in [0.2, 0.25) is 0 Å². The molecular formula is C15H20N2O2. The standard InChI is InChI=1S/C15H20N2O2/c1-11-12(6-7-19-11)9-17(2)10-13-8-14(16)4-5-15(13)18-3/h4-8H,9-10,16H2,1-3H3. The Morgan fingerprint density at radius 2 is 1.95 bits per heavy atom. The molecule has 4 heteroatoms. The molecule has 1 aromatic heterocycles. The highest BCUT2D eigenvalue weighted by molar-refractivity contribution is 5.47. The maximum absolute atomic E-state index is 5.83. The summed E-state index contributed by atoms with van der Waals surface area (Å²) in [6, 6.07) is 7.71. The topological polar surface area (TPSA) is 51.6 Å². The Labute approximate surface area is 113 Å². The van der Waals surface area contributed by atoms with Crippen LogP contribution in [0.25, 0.3) is 0 Å². The molecule has 0 aliphatic heterocycles. The van der Waals surface area contributed by atoms with Crippen LogP contribution < -0.4 is 10.5 Å². The fourth-order valence-electron chi connectivity index (χ4n) is 2.13. The van der Waals surface area contributed by atoms with Crippen molar-refractivity contribution in [1.29, 1.82) is 0 Å². The second-order valence-corrected chi connectivity index (χ2v) is 4.75. The molecule has 0 bridgehead atoms. The number of methoxy groups -OCH3 is 1. The van der Waals surface area contributed by atoms with Crippen molar-refractivity contribution in [2.24, 2.45) is 0 Å². The fraction of sp³-hybridized carbons (Fsp3) is 0.333. The summed E-state index contributed by atoms with van der Waals surface area (Å²) in [6.45, 7) is 3.59. The second kappa shape index (κ2) is 5.80. The number of hydrogen-bond donors (Lipinski definition) is 1. The van der Waals surface area contributed by atoms with E-state index in [1.807, 2.05) is 31.2 Å². The number of anilines is 1. The number of hydrogen-bond acceptors (Lipinski definition) is 4. The Balaban J connectivity index is 2.08. The Morgan fingerprint density at radius 1 is 1.21 bits per heavy atom. The molecule has 0 spiro atoms. The van der Waals surface area contributed by atoms with Crippen LogP contribution in [0.5, 0.6) is 5.75 Å². The molecule has 1 aromatic carbocycles. The number of furan rings is 1. The minimum Gasteiger partial charge on any atom is -0.496 e. The largest absolute Gasteiger partial charge is 0.496 e. The van der Waals surface area contributed by atoms with Gasteiger partial charge in [-0.25, -0.2) is 0 Å². The van der Waals surface area contributed by atoms with Gasteiger partial charge >= 0.3 is 0 Å². The van der Waals surface area contributed by atoms with Crippen molar-refractivity contribution < 1.29 is 9.15 Å². The van der Waals surface area contributed by atoms with Gasteiger partial charge in [0.25, 0.3) is 0 Å². The van der Waals surface area contributed by atoms with E-state index in [-0.39, 0.29) is 0 Å². The molecule has 0 atom stereocenters. The predicted molar refractivity (Wildman–Crippen MR) is 76.0 cm³/mol. The molecule has 2 aromatic rings. The third kappa shape index (κ3) is 3.29. The Bertz CT molecular complexity index is 549. The van der Waals surface area contributed by atoms with E-state index >= 15 is 0 Å². The molecule has 4 nitrogen and oxygen atoms in total. The van der Waals surface area contributed by atoms with Gasteiger partial charge in [-0.15, -0.1) is 0 Å². The molecule has 0 aliphatic rings. The van der Waals surface area contributed by atoms with Crippen molar-refractivity contribution in [3.8, 4) is 5.75 Å². The summed E-state index contributed by atoms with van der Waals surface area (Å²) in [7, 11) is 3.74. The van der Waals surface area contributed by atoms with Gasteiger partial charge in [0.15, 0.2) is 0 Å². The molecule has 0 amide bonds. The van der Waals surface area contributed by atoms with E-state index in [1.165, 1.54) is 5.56 Å². The van der Waals surface area contributed by atoms with E-state index in [2.05, 4.69) is 11.9 Å². The summed E-state index contributed by atoms with van der Waals surface area (Å²) in [5.41, 5.74) is 8.87. The lowest BCUT2D eigenvalue weighted by Gasteiger charge is -2.18. The summed E-state index contributed by atoms with van der Waals surface area (Å²) in [6.07, 6.45) is 1.72. The maximum Gasteiger partial charge on any atom is 0.123 e. The fourth-order valence-corrected chi connectivity index (χ4v) is 2.13.